The van der Waals surface area contributed by atoms with Crippen molar-refractivity contribution >= 4 is 28.6 Å². The van der Waals surface area contributed by atoms with Crippen LogP contribution >= 0.6 is 0 Å². The highest BCUT2D eigenvalue weighted by molar-refractivity contribution is 6.00. The fourth-order valence-electron chi connectivity index (χ4n) is 4.46. The molecule has 2 heterocycles. The van der Waals surface area contributed by atoms with Gasteiger partial charge in [0.1, 0.15) is 11.4 Å². The summed E-state index contributed by atoms with van der Waals surface area (Å²) in [6.07, 6.45) is 4.27. The number of pyridine rings is 1. The van der Waals surface area contributed by atoms with E-state index in [1.165, 1.54) is 5.56 Å². The molecule has 1 N–H and O–H groups in total. The van der Waals surface area contributed by atoms with E-state index in [1.807, 2.05) is 48.5 Å². The standard InChI is InChI=1S/C26H27N3O3/c30-23(27-18-26(12-13-26)20-9-2-1-3-10-20)17-32-25(31)21-16-19-8-4-5-11-22(19)28-24(21)29-14-6-7-15-29/h1-5,8-11,16H,6-7,12-15,17-18H2,(H,27,30). The van der Waals surface area contributed by atoms with Crippen LogP contribution in [0.1, 0.15) is 41.6 Å². The van der Waals surface area contributed by atoms with Crippen LogP contribution in [0.25, 0.3) is 10.9 Å². The molecule has 6 nitrogen and oxygen atoms in total. The lowest BCUT2D eigenvalue weighted by Gasteiger charge is -2.20. The molecule has 0 atom stereocenters. The summed E-state index contributed by atoms with van der Waals surface area (Å²) in [5.74, 6) is -0.144. The lowest BCUT2D eigenvalue weighted by molar-refractivity contribution is -0.124. The van der Waals surface area contributed by atoms with Crippen molar-refractivity contribution in [2.24, 2.45) is 0 Å². The van der Waals surface area contributed by atoms with Crippen molar-refractivity contribution in [3.05, 3.63) is 71.8 Å². The molecule has 5 rings (SSSR count). The lowest BCUT2D eigenvalue weighted by Crippen LogP contribution is -2.35. The van der Waals surface area contributed by atoms with Crippen molar-refractivity contribution < 1.29 is 14.3 Å². The van der Waals surface area contributed by atoms with E-state index in [4.69, 9.17) is 9.72 Å². The zero-order valence-corrected chi connectivity index (χ0v) is 18.0. The monoisotopic (exact) mass is 429 g/mol. The number of hydrogen-bond donors (Lipinski definition) is 1. The molecule has 2 aliphatic rings. The van der Waals surface area contributed by atoms with E-state index in [0.717, 1.165) is 49.7 Å². The van der Waals surface area contributed by atoms with E-state index in [0.29, 0.717) is 17.9 Å². The molecular formula is C26H27N3O3. The number of amides is 1. The molecule has 1 aromatic heterocycles. The first-order valence-electron chi connectivity index (χ1n) is 11.3. The number of anilines is 1. The Labute approximate surface area is 187 Å². The molecule has 2 aromatic carbocycles. The van der Waals surface area contributed by atoms with Crippen molar-refractivity contribution in [1.82, 2.24) is 10.3 Å². The quantitative estimate of drug-likeness (QED) is 0.578. The summed E-state index contributed by atoms with van der Waals surface area (Å²) < 4.78 is 5.41. The van der Waals surface area contributed by atoms with Gasteiger partial charge in [0.15, 0.2) is 6.61 Å². The Morgan fingerprint density at radius 1 is 1.00 bits per heavy atom. The first-order valence-corrected chi connectivity index (χ1v) is 11.3. The van der Waals surface area contributed by atoms with Crippen LogP contribution in [0.15, 0.2) is 60.7 Å². The summed E-state index contributed by atoms with van der Waals surface area (Å²) in [5.41, 5.74) is 2.53. The molecular weight excluding hydrogens is 402 g/mol. The van der Waals surface area contributed by atoms with Gasteiger partial charge in [-0.25, -0.2) is 9.78 Å². The molecule has 1 amide bonds. The Balaban J connectivity index is 1.25. The third kappa shape index (κ3) is 4.17. The number of fused-ring (bicyclic) bond motifs is 1. The van der Waals surface area contributed by atoms with Crippen LogP contribution < -0.4 is 10.2 Å². The molecule has 1 saturated heterocycles. The zero-order valence-electron chi connectivity index (χ0n) is 18.0. The predicted octanol–water partition coefficient (Wildman–Crippen LogP) is 3.84. The Morgan fingerprint density at radius 2 is 1.72 bits per heavy atom. The number of nitrogens with zero attached hydrogens (tertiary/aromatic N) is 2. The van der Waals surface area contributed by atoms with Gasteiger partial charge in [0.05, 0.1) is 5.52 Å². The molecule has 1 saturated carbocycles. The lowest BCUT2D eigenvalue weighted by atomic mass is 9.96. The van der Waals surface area contributed by atoms with Crippen LogP contribution in [-0.4, -0.2) is 43.1 Å². The normalized spacial score (nSPS) is 16.7. The Morgan fingerprint density at radius 3 is 2.47 bits per heavy atom. The first kappa shape index (κ1) is 20.5. The summed E-state index contributed by atoms with van der Waals surface area (Å²) in [5, 5.41) is 3.83. The Hall–Kier alpha value is -3.41. The zero-order chi connectivity index (χ0) is 22.0. The summed E-state index contributed by atoms with van der Waals surface area (Å²) in [6, 6.07) is 19.8. The number of esters is 1. The van der Waals surface area contributed by atoms with Gasteiger partial charge in [-0.2, -0.15) is 0 Å². The fraction of sp³-hybridized carbons (Fsp3) is 0.346. The molecule has 0 spiro atoms. The smallest absolute Gasteiger partial charge is 0.342 e. The molecule has 3 aromatic rings. The summed E-state index contributed by atoms with van der Waals surface area (Å²) in [6.45, 7) is 2.00. The summed E-state index contributed by atoms with van der Waals surface area (Å²) in [4.78, 5) is 32.2. The highest BCUT2D eigenvalue weighted by Gasteiger charge is 2.44. The van der Waals surface area contributed by atoms with Gasteiger partial charge in [0.25, 0.3) is 5.91 Å². The van der Waals surface area contributed by atoms with E-state index in [1.54, 1.807) is 0 Å². The van der Waals surface area contributed by atoms with Crippen LogP contribution in [0.4, 0.5) is 5.82 Å². The van der Waals surface area contributed by atoms with Gasteiger partial charge in [-0.15, -0.1) is 0 Å². The first-order chi connectivity index (χ1) is 15.6. The molecule has 1 aliphatic carbocycles. The van der Waals surface area contributed by atoms with Crippen molar-refractivity contribution in [2.75, 3.05) is 31.1 Å². The van der Waals surface area contributed by atoms with Crippen LogP contribution in [0, 0.1) is 0 Å². The van der Waals surface area contributed by atoms with Gasteiger partial charge >= 0.3 is 5.97 Å². The summed E-state index contributed by atoms with van der Waals surface area (Å²) >= 11 is 0. The van der Waals surface area contributed by atoms with Gasteiger partial charge in [0, 0.05) is 30.4 Å². The minimum Gasteiger partial charge on any atom is -0.452 e. The van der Waals surface area contributed by atoms with Crippen LogP contribution in [0.2, 0.25) is 0 Å². The molecule has 6 heteroatoms. The maximum absolute atomic E-state index is 12.9. The fourth-order valence-corrected chi connectivity index (χ4v) is 4.46. The second-order valence-electron chi connectivity index (χ2n) is 8.75. The van der Waals surface area contributed by atoms with E-state index in [-0.39, 0.29) is 17.9 Å². The molecule has 32 heavy (non-hydrogen) atoms. The van der Waals surface area contributed by atoms with Gasteiger partial charge in [0.2, 0.25) is 0 Å². The maximum Gasteiger partial charge on any atom is 0.342 e. The topological polar surface area (TPSA) is 71.5 Å². The van der Waals surface area contributed by atoms with Crippen LogP contribution in [-0.2, 0) is 14.9 Å². The molecule has 2 fully saturated rings. The molecule has 0 unspecified atom stereocenters. The number of benzene rings is 2. The van der Waals surface area contributed by atoms with E-state index >= 15 is 0 Å². The van der Waals surface area contributed by atoms with Gasteiger partial charge in [-0.05, 0) is 43.4 Å². The van der Waals surface area contributed by atoms with Crippen molar-refractivity contribution in [1.29, 1.82) is 0 Å². The van der Waals surface area contributed by atoms with E-state index < -0.39 is 5.97 Å². The predicted molar refractivity (Wildman–Crippen MR) is 124 cm³/mol. The number of hydrogen-bond acceptors (Lipinski definition) is 5. The third-order valence-corrected chi connectivity index (χ3v) is 6.53. The maximum atomic E-state index is 12.9. The minimum absolute atomic E-state index is 0.0200. The largest absolute Gasteiger partial charge is 0.452 e. The van der Waals surface area contributed by atoms with Crippen LogP contribution in [0.3, 0.4) is 0 Å². The number of carbonyl (C=O) groups excluding carboxylic acids is 2. The Bertz CT molecular complexity index is 1140. The van der Waals surface area contributed by atoms with Gasteiger partial charge in [-0.1, -0.05) is 48.5 Å². The summed E-state index contributed by atoms with van der Waals surface area (Å²) in [7, 11) is 0. The molecule has 164 valence electrons. The van der Waals surface area contributed by atoms with E-state index in [2.05, 4.69) is 22.3 Å². The minimum atomic E-state index is -0.510. The second-order valence-corrected chi connectivity index (χ2v) is 8.75. The number of para-hydroxylation sites is 1. The number of aromatic nitrogens is 1. The number of nitrogens with one attached hydrogen (secondary N) is 1. The van der Waals surface area contributed by atoms with Gasteiger partial charge in [-0.3, -0.25) is 4.79 Å². The van der Waals surface area contributed by atoms with Gasteiger partial charge < -0.3 is 15.0 Å². The highest BCUT2D eigenvalue weighted by atomic mass is 16.5. The molecule has 0 bridgehead atoms. The average molecular weight is 430 g/mol. The number of carbonyl (C=O) groups is 2. The average Bonchev–Trinajstić information content (AvgIpc) is 3.44. The van der Waals surface area contributed by atoms with E-state index in [9.17, 15) is 9.59 Å². The second kappa shape index (κ2) is 8.61. The molecule has 0 radical (unpaired) electrons. The van der Waals surface area contributed by atoms with Crippen LogP contribution in [0.5, 0.6) is 0 Å². The number of ether oxygens (including phenoxy) is 1. The van der Waals surface area contributed by atoms with Crippen molar-refractivity contribution in [3.8, 4) is 0 Å². The third-order valence-electron chi connectivity index (χ3n) is 6.53. The highest BCUT2D eigenvalue weighted by Crippen LogP contribution is 2.47. The molecule has 1 aliphatic heterocycles. The van der Waals surface area contributed by atoms with Crippen molar-refractivity contribution in [2.45, 2.75) is 31.1 Å². The Kier molecular flexibility index (Phi) is 5.52. The SMILES string of the molecule is O=C(COC(=O)c1cc2ccccc2nc1N1CCCC1)NCC1(c2ccccc2)CC1. The van der Waals surface area contributed by atoms with Crippen molar-refractivity contribution in [3.63, 3.8) is 0 Å². The number of rotatable bonds is 7.